The molecule has 0 aromatic carbocycles. The standard InChI is InChI=1S/C13H19N3S/c1-3-5-11(13-6-4-7-17-13)16-9-15-8-12(16)10(2)14/h4,6-11H,3,5,14H2,1-2H3. The van der Waals surface area contributed by atoms with Gasteiger partial charge in [0, 0.05) is 17.1 Å². The highest BCUT2D eigenvalue weighted by Gasteiger charge is 2.18. The summed E-state index contributed by atoms with van der Waals surface area (Å²) in [6, 6.07) is 4.70. The summed E-state index contributed by atoms with van der Waals surface area (Å²) in [7, 11) is 0. The van der Waals surface area contributed by atoms with Gasteiger partial charge in [-0.05, 0) is 24.8 Å². The van der Waals surface area contributed by atoms with E-state index in [2.05, 4.69) is 34.0 Å². The van der Waals surface area contributed by atoms with Crippen molar-refractivity contribution < 1.29 is 0 Å². The van der Waals surface area contributed by atoms with Crippen molar-refractivity contribution in [2.24, 2.45) is 5.73 Å². The van der Waals surface area contributed by atoms with Crippen molar-refractivity contribution in [3.8, 4) is 0 Å². The van der Waals surface area contributed by atoms with E-state index >= 15 is 0 Å². The third-order valence-electron chi connectivity index (χ3n) is 2.93. The smallest absolute Gasteiger partial charge is 0.0954 e. The summed E-state index contributed by atoms with van der Waals surface area (Å²) in [4.78, 5) is 5.63. The third-order valence-corrected chi connectivity index (χ3v) is 3.91. The Morgan fingerprint density at radius 2 is 2.35 bits per heavy atom. The molecule has 0 amide bonds. The molecule has 0 bridgehead atoms. The normalized spacial score (nSPS) is 14.8. The number of hydrogen-bond acceptors (Lipinski definition) is 3. The van der Waals surface area contributed by atoms with Gasteiger partial charge in [-0.15, -0.1) is 11.3 Å². The van der Waals surface area contributed by atoms with Gasteiger partial charge in [-0.1, -0.05) is 19.4 Å². The lowest BCUT2D eigenvalue weighted by Crippen LogP contribution is -2.16. The van der Waals surface area contributed by atoms with Crippen LogP contribution >= 0.6 is 11.3 Å². The van der Waals surface area contributed by atoms with Gasteiger partial charge in [0.15, 0.2) is 0 Å². The molecule has 0 saturated carbocycles. The van der Waals surface area contributed by atoms with Crippen molar-refractivity contribution in [3.05, 3.63) is 40.6 Å². The Kier molecular flexibility index (Phi) is 3.97. The average Bonchev–Trinajstić information content (AvgIpc) is 2.96. The minimum absolute atomic E-state index is 0.0248. The predicted molar refractivity (Wildman–Crippen MR) is 72.2 cm³/mol. The zero-order chi connectivity index (χ0) is 12.3. The molecule has 17 heavy (non-hydrogen) atoms. The van der Waals surface area contributed by atoms with Gasteiger partial charge in [0.2, 0.25) is 0 Å². The summed E-state index contributed by atoms with van der Waals surface area (Å²) in [6.07, 6.45) is 6.05. The Morgan fingerprint density at radius 3 is 2.94 bits per heavy atom. The van der Waals surface area contributed by atoms with Crippen molar-refractivity contribution in [1.29, 1.82) is 0 Å². The predicted octanol–water partition coefficient (Wildman–Crippen LogP) is 3.35. The van der Waals surface area contributed by atoms with Crippen LogP contribution in [0.5, 0.6) is 0 Å². The summed E-state index contributed by atoms with van der Waals surface area (Å²) in [5, 5.41) is 2.13. The summed E-state index contributed by atoms with van der Waals surface area (Å²) in [5.74, 6) is 0. The lowest BCUT2D eigenvalue weighted by molar-refractivity contribution is 0.511. The molecule has 2 heterocycles. The van der Waals surface area contributed by atoms with Gasteiger partial charge in [0.05, 0.1) is 18.1 Å². The molecule has 2 aromatic rings. The van der Waals surface area contributed by atoms with Crippen molar-refractivity contribution in [1.82, 2.24) is 9.55 Å². The number of nitrogens with two attached hydrogens (primary N) is 1. The third kappa shape index (κ3) is 2.58. The van der Waals surface area contributed by atoms with Gasteiger partial charge in [-0.25, -0.2) is 4.98 Å². The number of rotatable bonds is 5. The van der Waals surface area contributed by atoms with Crippen molar-refractivity contribution in [3.63, 3.8) is 0 Å². The van der Waals surface area contributed by atoms with Crippen LogP contribution in [0.25, 0.3) is 0 Å². The molecule has 2 rings (SSSR count). The maximum atomic E-state index is 5.99. The molecule has 0 spiro atoms. The van der Waals surface area contributed by atoms with Crippen LogP contribution < -0.4 is 5.73 Å². The van der Waals surface area contributed by atoms with Crippen LogP contribution in [-0.2, 0) is 0 Å². The highest BCUT2D eigenvalue weighted by atomic mass is 32.1. The number of aromatic nitrogens is 2. The summed E-state index contributed by atoms with van der Waals surface area (Å²) < 4.78 is 2.22. The quantitative estimate of drug-likeness (QED) is 0.883. The first-order valence-electron chi connectivity index (χ1n) is 6.04. The molecular weight excluding hydrogens is 230 g/mol. The first-order valence-corrected chi connectivity index (χ1v) is 6.92. The number of imidazole rings is 1. The second-order valence-electron chi connectivity index (χ2n) is 4.33. The Balaban J connectivity index is 2.36. The fraction of sp³-hybridized carbons (Fsp3) is 0.462. The molecule has 2 aromatic heterocycles. The number of nitrogens with zero attached hydrogens (tertiary/aromatic N) is 2. The van der Waals surface area contributed by atoms with E-state index in [0.717, 1.165) is 18.5 Å². The van der Waals surface area contributed by atoms with Crippen molar-refractivity contribution in [2.75, 3.05) is 0 Å². The first kappa shape index (κ1) is 12.3. The van der Waals surface area contributed by atoms with Crippen LogP contribution in [0.3, 0.4) is 0 Å². The second-order valence-corrected chi connectivity index (χ2v) is 5.31. The van der Waals surface area contributed by atoms with Crippen LogP contribution in [0.15, 0.2) is 30.0 Å². The maximum absolute atomic E-state index is 5.99. The number of thiophene rings is 1. The molecule has 3 nitrogen and oxygen atoms in total. The molecule has 0 aliphatic heterocycles. The SMILES string of the molecule is CCCC(c1cccs1)n1cncc1C(C)N. The molecule has 2 atom stereocenters. The summed E-state index contributed by atoms with van der Waals surface area (Å²) in [6.45, 7) is 4.22. The Morgan fingerprint density at radius 1 is 1.53 bits per heavy atom. The van der Waals surface area contributed by atoms with E-state index in [1.54, 1.807) is 11.3 Å². The number of hydrogen-bond donors (Lipinski definition) is 1. The molecule has 0 fully saturated rings. The molecule has 0 saturated heterocycles. The minimum Gasteiger partial charge on any atom is -0.325 e. The fourth-order valence-electron chi connectivity index (χ4n) is 2.10. The Labute approximate surface area is 106 Å². The highest BCUT2D eigenvalue weighted by molar-refractivity contribution is 7.10. The van der Waals surface area contributed by atoms with E-state index in [1.165, 1.54) is 4.88 Å². The van der Waals surface area contributed by atoms with Gasteiger partial charge in [0.1, 0.15) is 0 Å². The van der Waals surface area contributed by atoms with Gasteiger partial charge in [-0.2, -0.15) is 0 Å². The average molecular weight is 249 g/mol. The largest absolute Gasteiger partial charge is 0.325 e. The molecule has 0 radical (unpaired) electrons. The van der Waals surface area contributed by atoms with Gasteiger partial charge in [-0.3, -0.25) is 0 Å². The summed E-state index contributed by atoms with van der Waals surface area (Å²) in [5.41, 5.74) is 7.10. The Bertz CT molecular complexity index is 445. The molecular formula is C13H19N3S. The van der Waals surface area contributed by atoms with Gasteiger partial charge < -0.3 is 10.3 Å². The lowest BCUT2D eigenvalue weighted by atomic mass is 10.1. The van der Waals surface area contributed by atoms with Crippen LogP contribution in [0.1, 0.15) is 49.3 Å². The fourth-order valence-corrected chi connectivity index (χ4v) is 2.96. The Hall–Kier alpha value is -1.13. The first-order chi connectivity index (χ1) is 8.24. The van der Waals surface area contributed by atoms with E-state index in [9.17, 15) is 0 Å². The van der Waals surface area contributed by atoms with Crippen LogP contribution in [-0.4, -0.2) is 9.55 Å². The van der Waals surface area contributed by atoms with Crippen molar-refractivity contribution in [2.45, 2.75) is 38.8 Å². The zero-order valence-electron chi connectivity index (χ0n) is 10.3. The van der Waals surface area contributed by atoms with Crippen LogP contribution in [0.2, 0.25) is 0 Å². The topological polar surface area (TPSA) is 43.8 Å². The minimum atomic E-state index is 0.0248. The molecule has 0 aliphatic carbocycles. The zero-order valence-corrected chi connectivity index (χ0v) is 11.2. The lowest BCUT2D eigenvalue weighted by Gasteiger charge is -2.20. The summed E-state index contributed by atoms with van der Waals surface area (Å²) >= 11 is 1.80. The van der Waals surface area contributed by atoms with Crippen LogP contribution in [0.4, 0.5) is 0 Å². The highest BCUT2D eigenvalue weighted by Crippen LogP contribution is 2.29. The van der Waals surface area contributed by atoms with E-state index < -0.39 is 0 Å². The van der Waals surface area contributed by atoms with Gasteiger partial charge in [0.25, 0.3) is 0 Å². The van der Waals surface area contributed by atoms with Crippen LogP contribution in [0, 0.1) is 0 Å². The van der Waals surface area contributed by atoms with Gasteiger partial charge >= 0.3 is 0 Å². The maximum Gasteiger partial charge on any atom is 0.0954 e. The van der Waals surface area contributed by atoms with E-state index in [4.69, 9.17) is 5.73 Å². The molecule has 92 valence electrons. The molecule has 2 unspecified atom stereocenters. The monoisotopic (exact) mass is 249 g/mol. The van der Waals surface area contributed by atoms with Crippen molar-refractivity contribution >= 4 is 11.3 Å². The second kappa shape index (κ2) is 5.47. The van der Waals surface area contributed by atoms with E-state index in [1.807, 2.05) is 19.4 Å². The molecule has 0 aliphatic rings. The molecule has 4 heteroatoms. The van der Waals surface area contributed by atoms with E-state index in [-0.39, 0.29) is 6.04 Å². The van der Waals surface area contributed by atoms with E-state index in [0.29, 0.717) is 6.04 Å². The molecule has 2 N–H and O–H groups in total.